The minimum atomic E-state index is -0.459. The van der Waals surface area contributed by atoms with E-state index in [0.717, 1.165) is 11.3 Å². The molecule has 0 radical (unpaired) electrons. The number of fused-ring (bicyclic) bond motifs is 4. The summed E-state index contributed by atoms with van der Waals surface area (Å²) < 4.78 is 6.76. The number of hydrogen-bond donors (Lipinski definition) is 0. The zero-order valence-electron chi connectivity index (χ0n) is 12.6. The summed E-state index contributed by atoms with van der Waals surface area (Å²) in [5, 5.41) is 0.441. The summed E-state index contributed by atoms with van der Waals surface area (Å²) in [6, 6.07) is 13.2. The van der Waals surface area contributed by atoms with Crippen LogP contribution in [-0.2, 0) is 17.7 Å². The van der Waals surface area contributed by atoms with Gasteiger partial charge in [-0.05, 0) is 29.3 Å². The fourth-order valence-electron chi connectivity index (χ4n) is 3.10. The van der Waals surface area contributed by atoms with Gasteiger partial charge in [-0.3, -0.25) is 4.79 Å². The molecule has 2 aromatic carbocycles. The Morgan fingerprint density at radius 2 is 1.96 bits per heavy atom. The molecular weight excluding hydrogens is 292 g/mol. The van der Waals surface area contributed by atoms with E-state index < -0.39 is 5.97 Å². The quantitative estimate of drug-likeness (QED) is 0.505. The van der Waals surface area contributed by atoms with Crippen molar-refractivity contribution >= 4 is 16.9 Å². The maximum absolute atomic E-state index is 12.3. The van der Waals surface area contributed by atoms with Gasteiger partial charge in [-0.2, -0.15) is 4.98 Å². The molecule has 0 atom stereocenters. The van der Waals surface area contributed by atoms with Crippen LogP contribution in [-0.4, -0.2) is 22.6 Å². The van der Waals surface area contributed by atoms with Crippen LogP contribution in [0.2, 0.25) is 0 Å². The highest BCUT2D eigenvalue weighted by Crippen LogP contribution is 2.24. The van der Waals surface area contributed by atoms with Crippen LogP contribution in [0.5, 0.6) is 0 Å². The normalized spacial score (nSPS) is 12.6. The lowest BCUT2D eigenvalue weighted by molar-refractivity contribution is 0.0601. The van der Waals surface area contributed by atoms with Gasteiger partial charge < -0.3 is 9.30 Å². The summed E-state index contributed by atoms with van der Waals surface area (Å²) in [6.45, 7) is 0.673. The molecule has 0 spiro atoms. The zero-order chi connectivity index (χ0) is 16.0. The van der Waals surface area contributed by atoms with Crippen molar-refractivity contribution in [3.05, 3.63) is 75.3 Å². The van der Waals surface area contributed by atoms with Crippen molar-refractivity contribution in [2.75, 3.05) is 7.11 Å². The summed E-state index contributed by atoms with van der Waals surface area (Å²) in [5.41, 5.74) is 3.27. The lowest BCUT2D eigenvalue weighted by atomic mass is 10.00. The molecule has 0 unspecified atom stereocenters. The molecule has 114 valence electrons. The van der Waals surface area contributed by atoms with Crippen molar-refractivity contribution in [1.82, 2.24) is 9.55 Å². The molecule has 4 rings (SSSR count). The number of hydrogen-bond acceptors (Lipinski definition) is 4. The molecular formula is C18H14N2O3. The van der Waals surface area contributed by atoms with Crippen LogP contribution in [0.15, 0.2) is 47.3 Å². The fourth-order valence-corrected chi connectivity index (χ4v) is 3.10. The van der Waals surface area contributed by atoms with Crippen molar-refractivity contribution in [3.8, 4) is 0 Å². The summed E-state index contributed by atoms with van der Waals surface area (Å²) in [4.78, 5) is 28.2. The van der Waals surface area contributed by atoms with Gasteiger partial charge in [0.25, 0.3) is 5.56 Å². The van der Waals surface area contributed by atoms with Crippen molar-refractivity contribution < 1.29 is 9.53 Å². The van der Waals surface area contributed by atoms with E-state index in [2.05, 4.69) is 17.1 Å². The van der Waals surface area contributed by atoms with Crippen LogP contribution in [0, 0.1) is 0 Å². The van der Waals surface area contributed by atoms with E-state index in [-0.39, 0.29) is 5.56 Å². The molecule has 0 bridgehead atoms. The smallest absolute Gasteiger partial charge is 0.337 e. The molecule has 5 nitrogen and oxygen atoms in total. The number of ether oxygens (including phenoxy) is 1. The van der Waals surface area contributed by atoms with E-state index in [4.69, 9.17) is 4.74 Å². The monoisotopic (exact) mass is 306 g/mol. The van der Waals surface area contributed by atoms with Gasteiger partial charge in [0.15, 0.2) is 0 Å². The molecule has 0 N–H and O–H groups in total. The number of carbonyl (C=O) groups excluding carboxylic acids is 1. The van der Waals surface area contributed by atoms with Gasteiger partial charge in [0, 0.05) is 13.0 Å². The maximum Gasteiger partial charge on any atom is 0.337 e. The van der Waals surface area contributed by atoms with E-state index in [9.17, 15) is 9.59 Å². The first-order valence-corrected chi connectivity index (χ1v) is 7.36. The fraction of sp³-hybridized carbons (Fsp3) is 0.167. The lowest BCUT2D eigenvalue weighted by Gasteiger charge is -2.23. The summed E-state index contributed by atoms with van der Waals surface area (Å²) in [7, 11) is 1.32. The number of methoxy groups -OCH3 is 1. The molecule has 0 aliphatic carbocycles. The SMILES string of the molecule is COC(=O)c1ccc2c(c1)c(=O)nc1n2Cc2ccccc2C1. The van der Waals surface area contributed by atoms with Gasteiger partial charge in [-0.25, -0.2) is 4.79 Å². The predicted octanol–water partition coefficient (Wildman–Crippen LogP) is 2.14. The minimum absolute atomic E-state index is 0.309. The van der Waals surface area contributed by atoms with Crippen LogP contribution >= 0.6 is 0 Å². The second-order valence-electron chi connectivity index (χ2n) is 5.59. The van der Waals surface area contributed by atoms with E-state index in [1.807, 2.05) is 16.7 Å². The number of rotatable bonds is 1. The van der Waals surface area contributed by atoms with Crippen LogP contribution < -0.4 is 5.56 Å². The topological polar surface area (TPSA) is 61.2 Å². The van der Waals surface area contributed by atoms with Gasteiger partial charge in [0.2, 0.25) is 0 Å². The predicted molar refractivity (Wildman–Crippen MR) is 85.7 cm³/mol. The second-order valence-corrected chi connectivity index (χ2v) is 5.59. The van der Waals surface area contributed by atoms with Crippen molar-refractivity contribution in [3.63, 3.8) is 0 Å². The van der Waals surface area contributed by atoms with Crippen LogP contribution in [0.3, 0.4) is 0 Å². The second kappa shape index (κ2) is 5.05. The highest BCUT2D eigenvalue weighted by molar-refractivity contribution is 5.94. The molecule has 23 heavy (non-hydrogen) atoms. The van der Waals surface area contributed by atoms with E-state index in [1.54, 1.807) is 18.2 Å². The Kier molecular flexibility index (Phi) is 3.01. The third kappa shape index (κ3) is 2.12. The zero-order valence-corrected chi connectivity index (χ0v) is 12.6. The molecule has 1 aromatic heterocycles. The minimum Gasteiger partial charge on any atom is -0.465 e. The van der Waals surface area contributed by atoms with E-state index in [1.165, 1.54) is 18.2 Å². The van der Waals surface area contributed by atoms with Gasteiger partial charge in [0.1, 0.15) is 5.82 Å². The van der Waals surface area contributed by atoms with Gasteiger partial charge in [-0.15, -0.1) is 0 Å². The van der Waals surface area contributed by atoms with Gasteiger partial charge in [-0.1, -0.05) is 24.3 Å². The Bertz CT molecular complexity index is 1000. The largest absolute Gasteiger partial charge is 0.465 e. The Hall–Kier alpha value is -2.95. The Morgan fingerprint density at radius 1 is 1.17 bits per heavy atom. The standard InChI is InChI=1S/C18H14N2O3/c1-23-18(22)12-6-7-15-14(8-12)17(21)19-16-9-11-4-2-3-5-13(11)10-20(15)16/h2-8H,9-10H2,1H3. The average Bonchev–Trinajstić information content (AvgIpc) is 2.59. The third-order valence-electron chi connectivity index (χ3n) is 4.28. The van der Waals surface area contributed by atoms with Crippen LogP contribution in [0.1, 0.15) is 27.3 Å². The Balaban J connectivity index is 1.94. The molecule has 0 fully saturated rings. The highest BCUT2D eigenvalue weighted by Gasteiger charge is 2.19. The molecule has 0 saturated heterocycles. The van der Waals surface area contributed by atoms with Gasteiger partial charge >= 0.3 is 5.97 Å². The molecule has 0 amide bonds. The number of carbonyl (C=O) groups is 1. The van der Waals surface area contributed by atoms with Crippen LogP contribution in [0.4, 0.5) is 0 Å². The molecule has 1 aliphatic heterocycles. The molecule has 5 heteroatoms. The maximum atomic E-state index is 12.3. The van der Waals surface area contributed by atoms with E-state index >= 15 is 0 Å². The Labute approximate surface area is 132 Å². The van der Waals surface area contributed by atoms with Crippen molar-refractivity contribution in [2.45, 2.75) is 13.0 Å². The summed E-state index contributed by atoms with van der Waals surface area (Å²) >= 11 is 0. The summed E-state index contributed by atoms with van der Waals surface area (Å²) in [5.74, 6) is 0.298. The highest BCUT2D eigenvalue weighted by atomic mass is 16.5. The first-order valence-electron chi connectivity index (χ1n) is 7.36. The molecule has 3 aromatic rings. The molecule has 2 heterocycles. The number of benzene rings is 2. The average molecular weight is 306 g/mol. The number of nitrogens with zero attached hydrogens (tertiary/aromatic N) is 2. The van der Waals surface area contributed by atoms with Gasteiger partial charge in [0.05, 0.1) is 23.6 Å². The Morgan fingerprint density at radius 3 is 2.74 bits per heavy atom. The molecule has 1 aliphatic rings. The summed E-state index contributed by atoms with van der Waals surface area (Å²) in [6.07, 6.45) is 0.639. The first kappa shape index (κ1) is 13.7. The van der Waals surface area contributed by atoms with Crippen molar-refractivity contribution in [1.29, 1.82) is 0 Å². The third-order valence-corrected chi connectivity index (χ3v) is 4.28. The number of aromatic nitrogens is 2. The number of esters is 1. The van der Waals surface area contributed by atoms with Crippen LogP contribution in [0.25, 0.3) is 10.9 Å². The molecule has 0 saturated carbocycles. The van der Waals surface area contributed by atoms with E-state index in [0.29, 0.717) is 23.9 Å². The lowest BCUT2D eigenvalue weighted by Crippen LogP contribution is -2.24. The first-order chi connectivity index (χ1) is 11.2. The van der Waals surface area contributed by atoms with Crippen molar-refractivity contribution in [2.24, 2.45) is 0 Å².